The lowest BCUT2D eigenvalue weighted by Gasteiger charge is -2.32. The summed E-state index contributed by atoms with van der Waals surface area (Å²) in [5.41, 5.74) is 11.4. The number of piperidine rings is 1. The second kappa shape index (κ2) is 8.30. The Balaban J connectivity index is 2.03. The van der Waals surface area contributed by atoms with Gasteiger partial charge in [0.1, 0.15) is 0 Å². The molecule has 0 aromatic heterocycles. The van der Waals surface area contributed by atoms with E-state index in [-0.39, 0.29) is 17.7 Å². The number of urea groups is 1. The number of amides is 4. The van der Waals surface area contributed by atoms with Crippen LogP contribution >= 0.6 is 0 Å². The molecule has 8 heteroatoms. The highest BCUT2D eigenvalue weighted by molar-refractivity contribution is 5.97. The van der Waals surface area contributed by atoms with Crippen LogP contribution in [0.15, 0.2) is 24.3 Å². The molecule has 0 bridgehead atoms. The lowest BCUT2D eigenvalue weighted by Crippen LogP contribution is -2.46. The Kier molecular flexibility index (Phi) is 6.14. The normalized spacial score (nSPS) is 17.2. The van der Waals surface area contributed by atoms with Crippen molar-refractivity contribution in [2.24, 2.45) is 17.4 Å². The van der Waals surface area contributed by atoms with E-state index in [0.717, 1.165) is 12.8 Å². The summed E-state index contributed by atoms with van der Waals surface area (Å²) in [6, 6.07) is 5.89. The smallest absolute Gasteiger partial charge is 0.316 e. The molecule has 0 radical (unpaired) electrons. The maximum atomic E-state index is 12.7. The van der Waals surface area contributed by atoms with E-state index in [1.165, 1.54) is 0 Å². The fourth-order valence-electron chi connectivity index (χ4n) is 2.77. The number of nitrogens with one attached hydrogen (secondary N) is 2. The molecule has 1 fully saturated rings. The molecule has 1 atom stereocenters. The van der Waals surface area contributed by atoms with Crippen molar-refractivity contribution in [3.05, 3.63) is 29.8 Å². The molecule has 1 aliphatic heterocycles. The average molecular weight is 333 g/mol. The monoisotopic (exact) mass is 333 g/mol. The molecule has 2 rings (SSSR count). The van der Waals surface area contributed by atoms with Crippen LogP contribution in [0.5, 0.6) is 0 Å². The van der Waals surface area contributed by atoms with Gasteiger partial charge in [0.15, 0.2) is 0 Å². The topological polar surface area (TPSA) is 131 Å². The van der Waals surface area contributed by atoms with Crippen molar-refractivity contribution in [2.75, 3.05) is 31.5 Å². The van der Waals surface area contributed by atoms with E-state index in [1.807, 2.05) is 0 Å². The quantitative estimate of drug-likeness (QED) is 0.609. The van der Waals surface area contributed by atoms with Gasteiger partial charge in [0.25, 0.3) is 5.91 Å². The number of benzene rings is 1. The van der Waals surface area contributed by atoms with Gasteiger partial charge in [0, 0.05) is 37.4 Å². The molecule has 130 valence electrons. The van der Waals surface area contributed by atoms with Crippen LogP contribution in [0.25, 0.3) is 0 Å². The van der Waals surface area contributed by atoms with Gasteiger partial charge in [-0.1, -0.05) is 6.07 Å². The zero-order valence-corrected chi connectivity index (χ0v) is 13.5. The summed E-state index contributed by atoms with van der Waals surface area (Å²) in [6.45, 7) is 1.81. The van der Waals surface area contributed by atoms with Crippen LogP contribution in [0.2, 0.25) is 0 Å². The molecule has 8 nitrogen and oxygen atoms in total. The van der Waals surface area contributed by atoms with Crippen molar-refractivity contribution in [1.82, 2.24) is 10.2 Å². The third-order valence-electron chi connectivity index (χ3n) is 3.90. The molecule has 1 saturated heterocycles. The van der Waals surface area contributed by atoms with E-state index >= 15 is 0 Å². The second-order valence-electron chi connectivity index (χ2n) is 5.74. The van der Waals surface area contributed by atoms with Crippen molar-refractivity contribution in [3.8, 4) is 0 Å². The summed E-state index contributed by atoms with van der Waals surface area (Å²) in [7, 11) is 0. The van der Waals surface area contributed by atoms with Crippen LogP contribution in [0.3, 0.4) is 0 Å². The van der Waals surface area contributed by atoms with Gasteiger partial charge in [-0.05, 0) is 31.0 Å². The molecule has 0 aliphatic carbocycles. The van der Waals surface area contributed by atoms with Crippen LogP contribution in [0, 0.1) is 5.92 Å². The number of nitrogens with zero attached hydrogens (tertiary/aromatic N) is 1. The van der Waals surface area contributed by atoms with Crippen molar-refractivity contribution >= 4 is 23.5 Å². The third-order valence-corrected chi connectivity index (χ3v) is 3.90. The van der Waals surface area contributed by atoms with Crippen molar-refractivity contribution in [1.29, 1.82) is 0 Å². The van der Waals surface area contributed by atoms with E-state index in [4.69, 9.17) is 11.5 Å². The number of carbonyl (C=O) groups excluding carboxylic acids is 3. The lowest BCUT2D eigenvalue weighted by molar-refractivity contribution is -0.126. The molecule has 6 N–H and O–H groups in total. The average Bonchev–Trinajstić information content (AvgIpc) is 2.58. The SMILES string of the molecule is NCCNC(=O)C1CCCN(C(=O)c2cccc(NC(N)=O)c2)C1. The first-order valence-electron chi connectivity index (χ1n) is 7.95. The molecule has 1 heterocycles. The molecule has 4 amide bonds. The number of hydrogen-bond acceptors (Lipinski definition) is 4. The van der Waals surface area contributed by atoms with Gasteiger partial charge in [-0.15, -0.1) is 0 Å². The molecule has 1 aromatic rings. The van der Waals surface area contributed by atoms with Gasteiger partial charge in [0.05, 0.1) is 5.92 Å². The molecule has 0 saturated carbocycles. The minimum absolute atomic E-state index is 0.0675. The van der Waals surface area contributed by atoms with Gasteiger partial charge in [-0.25, -0.2) is 4.79 Å². The minimum atomic E-state index is -0.686. The van der Waals surface area contributed by atoms with Crippen LogP contribution in [-0.2, 0) is 4.79 Å². The zero-order chi connectivity index (χ0) is 17.5. The van der Waals surface area contributed by atoms with E-state index in [9.17, 15) is 14.4 Å². The van der Waals surface area contributed by atoms with Gasteiger partial charge in [-0.3, -0.25) is 9.59 Å². The van der Waals surface area contributed by atoms with E-state index in [2.05, 4.69) is 10.6 Å². The Labute approximate surface area is 140 Å². The highest BCUT2D eigenvalue weighted by Crippen LogP contribution is 2.20. The molecular formula is C16H23N5O3. The van der Waals surface area contributed by atoms with Gasteiger partial charge in [-0.2, -0.15) is 0 Å². The number of carbonyl (C=O) groups is 3. The summed E-state index contributed by atoms with van der Waals surface area (Å²) in [5, 5.41) is 5.21. The van der Waals surface area contributed by atoms with Gasteiger partial charge < -0.3 is 27.0 Å². The molecular weight excluding hydrogens is 310 g/mol. The van der Waals surface area contributed by atoms with Crippen LogP contribution < -0.4 is 22.1 Å². The van der Waals surface area contributed by atoms with Crippen molar-refractivity contribution in [3.63, 3.8) is 0 Å². The first kappa shape index (κ1) is 17.7. The standard InChI is InChI=1S/C16H23N5O3/c17-6-7-19-14(22)12-4-2-8-21(10-12)15(23)11-3-1-5-13(9-11)20-16(18)24/h1,3,5,9,12H,2,4,6-8,10,17H2,(H,19,22)(H3,18,20,24). The highest BCUT2D eigenvalue weighted by atomic mass is 16.2. The maximum absolute atomic E-state index is 12.7. The largest absolute Gasteiger partial charge is 0.355 e. The van der Waals surface area contributed by atoms with Gasteiger partial charge in [0.2, 0.25) is 5.91 Å². The van der Waals surface area contributed by atoms with E-state index < -0.39 is 6.03 Å². The predicted octanol–water partition coefficient (Wildman–Crippen LogP) is 0.104. The number of hydrogen-bond donors (Lipinski definition) is 4. The van der Waals surface area contributed by atoms with Crippen LogP contribution in [-0.4, -0.2) is 48.9 Å². The summed E-state index contributed by atoms with van der Waals surface area (Å²) < 4.78 is 0. The Morgan fingerprint density at radius 1 is 1.29 bits per heavy atom. The fraction of sp³-hybridized carbons (Fsp3) is 0.438. The number of rotatable bonds is 5. The molecule has 1 aromatic carbocycles. The second-order valence-corrected chi connectivity index (χ2v) is 5.74. The number of nitrogens with two attached hydrogens (primary N) is 2. The van der Waals surface area contributed by atoms with Crippen molar-refractivity contribution in [2.45, 2.75) is 12.8 Å². The molecule has 24 heavy (non-hydrogen) atoms. The molecule has 1 unspecified atom stereocenters. The van der Waals surface area contributed by atoms with Crippen LogP contribution in [0.1, 0.15) is 23.2 Å². The summed E-state index contributed by atoms with van der Waals surface area (Å²) in [6.07, 6.45) is 1.52. The molecule has 1 aliphatic rings. The first-order chi connectivity index (χ1) is 11.5. The Morgan fingerprint density at radius 3 is 2.79 bits per heavy atom. The Bertz CT molecular complexity index is 619. The van der Waals surface area contributed by atoms with Gasteiger partial charge >= 0.3 is 6.03 Å². The van der Waals surface area contributed by atoms with Crippen LogP contribution in [0.4, 0.5) is 10.5 Å². The minimum Gasteiger partial charge on any atom is -0.355 e. The Hall–Kier alpha value is -2.61. The lowest BCUT2D eigenvalue weighted by atomic mass is 9.96. The first-order valence-corrected chi connectivity index (χ1v) is 7.95. The highest BCUT2D eigenvalue weighted by Gasteiger charge is 2.28. The summed E-state index contributed by atoms with van der Waals surface area (Å²) >= 11 is 0. The predicted molar refractivity (Wildman–Crippen MR) is 90.3 cm³/mol. The number of primary amides is 1. The fourth-order valence-corrected chi connectivity index (χ4v) is 2.77. The third kappa shape index (κ3) is 4.69. The zero-order valence-electron chi connectivity index (χ0n) is 13.5. The van der Waals surface area contributed by atoms with E-state index in [0.29, 0.717) is 37.4 Å². The number of anilines is 1. The molecule has 0 spiro atoms. The summed E-state index contributed by atoms with van der Waals surface area (Å²) in [4.78, 5) is 37.3. The Morgan fingerprint density at radius 2 is 2.08 bits per heavy atom. The maximum Gasteiger partial charge on any atom is 0.316 e. The number of likely N-dealkylation sites (tertiary alicyclic amines) is 1. The van der Waals surface area contributed by atoms with E-state index in [1.54, 1.807) is 29.2 Å². The van der Waals surface area contributed by atoms with Crippen molar-refractivity contribution < 1.29 is 14.4 Å². The summed E-state index contributed by atoms with van der Waals surface area (Å²) in [5.74, 6) is -0.456.